The van der Waals surface area contributed by atoms with Gasteiger partial charge in [-0.1, -0.05) is 19.1 Å². The van der Waals surface area contributed by atoms with Gasteiger partial charge in [-0.2, -0.15) is 13.9 Å². The minimum Gasteiger partial charge on any atom is -0.433 e. The van der Waals surface area contributed by atoms with E-state index in [9.17, 15) is 8.78 Å². The molecular formula is C14H17F2N3O. The molecule has 4 nitrogen and oxygen atoms in total. The lowest BCUT2D eigenvalue weighted by atomic mass is 10.2. The molecule has 1 aromatic heterocycles. The van der Waals surface area contributed by atoms with Crippen molar-refractivity contribution >= 4 is 5.69 Å². The van der Waals surface area contributed by atoms with Crippen LogP contribution in [0.25, 0.3) is 0 Å². The van der Waals surface area contributed by atoms with Crippen LogP contribution >= 0.6 is 0 Å². The fourth-order valence-electron chi connectivity index (χ4n) is 1.86. The van der Waals surface area contributed by atoms with Crippen molar-refractivity contribution in [3.8, 4) is 5.75 Å². The van der Waals surface area contributed by atoms with Gasteiger partial charge < -0.3 is 10.1 Å². The molecule has 0 saturated heterocycles. The van der Waals surface area contributed by atoms with Crippen molar-refractivity contribution in [1.82, 2.24) is 9.78 Å². The third-order valence-electron chi connectivity index (χ3n) is 2.73. The largest absolute Gasteiger partial charge is 0.433 e. The maximum Gasteiger partial charge on any atom is 0.387 e. The highest BCUT2D eigenvalue weighted by Gasteiger charge is 2.09. The quantitative estimate of drug-likeness (QED) is 0.844. The normalized spacial score (nSPS) is 10.8. The number of alkyl halides is 2. The van der Waals surface area contributed by atoms with Gasteiger partial charge in [0.25, 0.3) is 0 Å². The summed E-state index contributed by atoms with van der Waals surface area (Å²) >= 11 is 0. The third kappa shape index (κ3) is 3.94. The molecule has 0 atom stereocenters. The van der Waals surface area contributed by atoms with Crippen molar-refractivity contribution in [3.63, 3.8) is 0 Å². The zero-order valence-corrected chi connectivity index (χ0v) is 11.2. The van der Waals surface area contributed by atoms with Crippen LogP contribution in [0.5, 0.6) is 5.75 Å². The molecule has 108 valence electrons. The van der Waals surface area contributed by atoms with Crippen LogP contribution in [0.2, 0.25) is 0 Å². The first kappa shape index (κ1) is 14.3. The standard InChI is InChI=1S/C14H17F2N3O/c1-2-7-19-10-11(9-18-19)8-17-12-5-3-4-6-13(12)20-14(15)16/h3-6,9-10,14,17H,2,7-8H2,1H3. The summed E-state index contributed by atoms with van der Waals surface area (Å²) in [5.41, 5.74) is 1.53. The molecule has 0 fully saturated rings. The van der Waals surface area contributed by atoms with Gasteiger partial charge in [0.15, 0.2) is 0 Å². The Hall–Kier alpha value is -2.11. The number of anilines is 1. The van der Waals surface area contributed by atoms with Gasteiger partial charge in [-0.3, -0.25) is 4.68 Å². The van der Waals surface area contributed by atoms with E-state index in [4.69, 9.17) is 0 Å². The number of rotatable bonds is 7. The molecule has 1 heterocycles. The maximum absolute atomic E-state index is 12.3. The summed E-state index contributed by atoms with van der Waals surface area (Å²) in [4.78, 5) is 0. The topological polar surface area (TPSA) is 39.1 Å². The Labute approximate surface area is 116 Å². The highest BCUT2D eigenvalue weighted by molar-refractivity contribution is 5.56. The van der Waals surface area contributed by atoms with Crippen LogP contribution in [0.3, 0.4) is 0 Å². The molecule has 0 unspecified atom stereocenters. The van der Waals surface area contributed by atoms with Crippen molar-refractivity contribution in [2.24, 2.45) is 0 Å². The monoisotopic (exact) mass is 281 g/mol. The number of aromatic nitrogens is 2. The van der Waals surface area contributed by atoms with E-state index < -0.39 is 6.61 Å². The molecule has 20 heavy (non-hydrogen) atoms. The summed E-state index contributed by atoms with van der Waals surface area (Å²) in [5, 5.41) is 7.29. The first-order valence-corrected chi connectivity index (χ1v) is 6.48. The van der Waals surface area contributed by atoms with E-state index in [1.165, 1.54) is 6.07 Å². The molecule has 6 heteroatoms. The Kier molecular flexibility index (Phi) is 4.92. The van der Waals surface area contributed by atoms with Gasteiger partial charge in [0.2, 0.25) is 0 Å². The number of ether oxygens (including phenoxy) is 1. The molecule has 0 aliphatic rings. The third-order valence-corrected chi connectivity index (χ3v) is 2.73. The SMILES string of the molecule is CCCn1cc(CNc2ccccc2OC(F)F)cn1. The van der Waals surface area contributed by atoms with Crippen LogP contribution in [0.15, 0.2) is 36.7 Å². The molecule has 1 N–H and O–H groups in total. The highest BCUT2D eigenvalue weighted by Crippen LogP contribution is 2.25. The fraction of sp³-hybridized carbons (Fsp3) is 0.357. The highest BCUT2D eigenvalue weighted by atomic mass is 19.3. The van der Waals surface area contributed by atoms with Crippen molar-refractivity contribution < 1.29 is 13.5 Å². The van der Waals surface area contributed by atoms with E-state index in [2.05, 4.69) is 22.1 Å². The second kappa shape index (κ2) is 6.88. The molecule has 0 radical (unpaired) electrons. The van der Waals surface area contributed by atoms with E-state index in [1.54, 1.807) is 24.4 Å². The number of hydrogen-bond acceptors (Lipinski definition) is 3. The first-order valence-electron chi connectivity index (χ1n) is 6.48. The van der Waals surface area contributed by atoms with Gasteiger partial charge in [0, 0.05) is 24.8 Å². The average Bonchev–Trinajstić information content (AvgIpc) is 2.85. The Balaban J connectivity index is 1.99. The Morgan fingerprint density at radius 1 is 1.35 bits per heavy atom. The van der Waals surface area contributed by atoms with Gasteiger partial charge in [-0.05, 0) is 18.6 Å². The minimum absolute atomic E-state index is 0.142. The van der Waals surface area contributed by atoms with Crippen LogP contribution < -0.4 is 10.1 Å². The maximum atomic E-state index is 12.3. The van der Waals surface area contributed by atoms with E-state index >= 15 is 0 Å². The molecule has 0 spiro atoms. The molecule has 2 aromatic rings. The summed E-state index contributed by atoms with van der Waals surface area (Å²) < 4.78 is 30.9. The van der Waals surface area contributed by atoms with Crippen LogP contribution in [0.4, 0.5) is 14.5 Å². The first-order chi connectivity index (χ1) is 9.69. The minimum atomic E-state index is -2.83. The number of benzene rings is 1. The average molecular weight is 281 g/mol. The predicted molar refractivity (Wildman–Crippen MR) is 72.9 cm³/mol. The fourth-order valence-corrected chi connectivity index (χ4v) is 1.86. The number of nitrogens with one attached hydrogen (secondary N) is 1. The number of aryl methyl sites for hydroxylation is 1. The van der Waals surface area contributed by atoms with Crippen molar-refractivity contribution in [2.45, 2.75) is 33.0 Å². The Bertz CT molecular complexity index is 543. The lowest BCUT2D eigenvalue weighted by molar-refractivity contribution is -0.0493. The molecule has 0 amide bonds. The van der Waals surface area contributed by atoms with Crippen LogP contribution in [0.1, 0.15) is 18.9 Å². The van der Waals surface area contributed by atoms with E-state index in [0.717, 1.165) is 18.5 Å². The van der Waals surface area contributed by atoms with E-state index in [-0.39, 0.29) is 5.75 Å². The Morgan fingerprint density at radius 2 is 2.15 bits per heavy atom. The van der Waals surface area contributed by atoms with Gasteiger partial charge in [-0.25, -0.2) is 0 Å². The van der Waals surface area contributed by atoms with E-state index in [1.807, 2.05) is 10.9 Å². The number of hydrogen-bond donors (Lipinski definition) is 1. The number of nitrogens with zero attached hydrogens (tertiary/aromatic N) is 2. The number of para-hydroxylation sites is 2. The molecule has 0 saturated carbocycles. The second-order valence-electron chi connectivity index (χ2n) is 4.34. The number of halogens is 2. The van der Waals surface area contributed by atoms with Crippen LogP contribution in [-0.2, 0) is 13.1 Å². The molecule has 1 aromatic carbocycles. The zero-order chi connectivity index (χ0) is 14.4. The summed E-state index contributed by atoms with van der Waals surface area (Å²) in [6.45, 7) is 0.626. The molecule has 0 aliphatic carbocycles. The van der Waals surface area contributed by atoms with Crippen molar-refractivity contribution in [2.75, 3.05) is 5.32 Å². The van der Waals surface area contributed by atoms with Gasteiger partial charge in [0.05, 0.1) is 11.9 Å². The zero-order valence-electron chi connectivity index (χ0n) is 11.2. The van der Waals surface area contributed by atoms with E-state index in [0.29, 0.717) is 12.2 Å². The van der Waals surface area contributed by atoms with Gasteiger partial charge >= 0.3 is 6.61 Å². The van der Waals surface area contributed by atoms with Crippen molar-refractivity contribution in [3.05, 3.63) is 42.2 Å². The Morgan fingerprint density at radius 3 is 2.90 bits per heavy atom. The molecule has 2 rings (SSSR count). The molecule has 0 aliphatic heterocycles. The van der Waals surface area contributed by atoms with Crippen LogP contribution in [-0.4, -0.2) is 16.4 Å². The summed E-state index contributed by atoms with van der Waals surface area (Å²) in [5.74, 6) is 0.142. The predicted octanol–water partition coefficient (Wildman–Crippen LogP) is 3.51. The lowest BCUT2D eigenvalue weighted by Gasteiger charge is -2.11. The van der Waals surface area contributed by atoms with Crippen LogP contribution in [0, 0.1) is 0 Å². The van der Waals surface area contributed by atoms with Gasteiger partial charge in [0.1, 0.15) is 5.75 Å². The second-order valence-corrected chi connectivity index (χ2v) is 4.34. The smallest absolute Gasteiger partial charge is 0.387 e. The molecule has 0 bridgehead atoms. The lowest BCUT2D eigenvalue weighted by Crippen LogP contribution is -2.06. The summed E-state index contributed by atoms with van der Waals surface area (Å²) in [7, 11) is 0. The summed E-state index contributed by atoms with van der Waals surface area (Å²) in [6, 6.07) is 6.63. The van der Waals surface area contributed by atoms with Gasteiger partial charge in [-0.15, -0.1) is 0 Å². The summed E-state index contributed by atoms with van der Waals surface area (Å²) in [6.07, 6.45) is 4.71. The molecular weight excluding hydrogens is 264 g/mol. The van der Waals surface area contributed by atoms with Crippen molar-refractivity contribution in [1.29, 1.82) is 0 Å².